The average Bonchev–Trinajstić information content (AvgIpc) is 3.36. The molecule has 0 unspecified atom stereocenters. The van der Waals surface area contributed by atoms with E-state index in [1.165, 1.54) is 17.7 Å². The van der Waals surface area contributed by atoms with Crippen molar-refractivity contribution in [3.05, 3.63) is 77.3 Å². The first-order valence-corrected chi connectivity index (χ1v) is 10.4. The molecule has 4 rings (SSSR count). The van der Waals surface area contributed by atoms with Gasteiger partial charge >= 0.3 is 23.3 Å². The number of aliphatic hydroxyl groups is 3. The number of rotatable bonds is 4. The number of hydrogen-bond donors (Lipinski definition) is 5. The van der Waals surface area contributed by atoms with E-state index in [-0.39, 0.29) is 16.7 Å². The zero-order chi connectivity index (χ0) is 27.0. The van der Waals surface area contributed by atoms with Crippen LogP contribution in [0.5, 0.6) is 0 Å². The molecule has 5 atom stereocenters. The van der Waals surface area contributed by atoms with Crippen molar-refractivity contribution in [2.45, 2.75) is 50.3 Å². The van der Waals surface area contributed by atoms with Crippen LogP contribution in [0.25, 0.3) is 0 Å². The predicted molar refractivity (Wildman–Crippen MR) is 114 cm³/mol. The van der Waals surface area contributed by atoms with Crippen LogP contribution in [0.15, 0.2) is 43.7 Å². The minimum atomic E-state index is -4.49. The van der Waals surface area contributed by atoms with E-state index in [1.807, 2.05) is 0 Å². The summed E-state index contributed by atoms with van der Waals surface area (Å²) in [4.78, 5) is 49.1. The number of halogens is 3. The minimum Gasteiger partial charge on any atom is -0.394 e. The van der Waals surface area contributed by atoms with E-state index in [9.17, 15) is 37.5 Å². The van der Waals surface area contributed by atoms with Crippen LogP contribution in [-0.4, -0.2) is 71.9 Å². The third-order valence-corrected chi connectivity index (χ3v) is 5.46. The van der Waals surface area contributed by atoms with Crippen molar-refractivity contribution in [1.29, 1.82) is 0 Å². The second-order valence-electron chi connectivity index (χ2n) is 8.02. The topological polar surface area (TPSA) is 189 Å². The molecule has 0 radical (unpaired) electrons. The van der Waals surface area contributed by atoms with Crippen molar-refractivity contribution in [3.63, 3.8) is 0 Å². The summed E-state index contributed by atoms with van der Waals surface area (Å²) >= 11 is 0. The smallest absolute Gasteiger partial charge is 0.365 e. The fourth-order valence-electron chi connectivity index (χ4n) is 3.42. The van der Waals surface area contributed by atoms with Gasteiger partial charge in [0.05, 0.1) is 13.2 Å². The van der Waals surface area contributed by atoms with Crippen LogP contribution in [0.2, 0.25) is 0 Å². The highest BCUT2D eigenvalue weighted by atomic mass is 19.3. The number of aliphatic hydroxyl groups excluding tert-OH is 3. The van der Waals surface area contributed by atoms with Gasteiger partial charge < -0.3 is 24.8 Å². The number of aromatic nitrogens is 4. The lowest BCUT2D eigenvalue weighted by atomic mass is 10.1. The summed E-state index contributed by atoms with van der Waals surface area (Å²) in [6.07, 6.45) is -0.176. The summed E-state index contributed by atoms with van der Waals surface area (Å²) in [5.74, 6) is -8.50. The Bertz CT molecular complexity index is 1380. The maximum Gasteiger partial charge on any atom is 0.365 e. The second-order valence-corrected chi connectivity index (χ2v) is 8.02. The molecule has 0 spiro atoms. The van der Waals surface area contributed by atoms with Gasteiger partial charge in [-0.05, 0) is 19.9 Å². The zero-order valence-corrected chi connectivity index (χ0v) is 18.9. The lowest BCUT2D eigenvalue weighted by Crippen LogP contribution is -2.53. The van der Waals surface area contributed by atoms with E-state index < -0.39 is 65.5 Å². The number of nitrogens with zero attached hydrogens (tertiary/aromatic N) is 2. The van der Waals surface area contributed by atoms with Crippen LogP contribution in [0.3, 0.4) is 0 Å². The second kappa shape index (κ2) is 9.98. The van der Waals surface area contributed by atoms with Crippen LogP contribution >= 0.6 is 0 Å². The number of hydrogen-bond acceptors (Lipinski definition) is 9. The van der Waals surface area contributed by atoms with Gasteiger partial charge in [0.2, 0.25) is 0 Å². The molecule has 0 aromatic carbocycles. The Balaban J connectivity index is 0.000000205. The molecule has 198 valence electrons. The SMILES string of the molecule is Cc1cn([C@H]2C=C[C@@H](CO)O2)c(=O)[nH]c1=O.Cc1cn([C@]2(F)O[C@H](CO)[C@@H](O)C2(F)F)c(=O)[nH]c1=O. The van der Waals surface area contributed by atoms with Crippen LogP contribution in [0.1, 0.15) is 17.4 Å². The third-order valence-electron chi connectivity index (χ3n) is 5.46. The Morgan fingerprint density at radius 2 is 1.53 bits per heavy atom. The molecule has 2 aliphatic rings. The van der Waals surface area contributed by atoms with Crippen molar-refractivity contribution < 1.29 is 38.0 Å². The molecule has 0 amide bonds. The normalized spacial score (nSPS) is 28.7. The molecule has 2 aromatic heterocycles. The van der Waals surface area contributed by atoms with Gasteiger partial charge in [-0.1, -0.05) is 6.08 Å². The maximum absolute atomic E-state index is 14.5. The van der Waals surface area contributed by atoms with Crippen molar-refractivity contribution >= 4 is 0 Å². The molecular weight excluding hydrogens is 497 g/mol. The number of ether oxygens (including phenoxy) is 2. The Kier molecular flexibility index (Phi) is 7.56. The van der Waals surface area contributed by atoms with Gasteiger partial charge in [-0.15, -0.1) is 0 Å². The average molecular weight is 520 g/mol. The van der Waals surface area contributed by atoms with Crippen molar-refractivity contribution in [2.24, 2.45) is 0 Å². The lowest BCUT2D eigenvalue weighted by Gasteiger charge is -2.27. The minimum absolute atomic E-state index is 0.135. The molecule has 16 heteroatoms. The molecule has 13 nitrogen and oxygen atoms in total. The lowest BCUT2D eigenvalue weighted by molar-refractivity contribution is -0.297. The van der Waals surface area contributed by atoms with Crippen LogP contribution in [0.4, 0.5) is 13.2 Å². The standard InChI is InChI=1S/C10H11F3N2O5.C10H12N2O4/c1-4-2-15(8(19)14-7(4)18)10(13)9(11,12)6(17)5(3-16)20-10;1-6-4-12(10(15)11-9(6)14)8-3-2-7(5-13)16-8/h2,5-6,16-17H,3H2,1H3,(H,14,18,19);2-4,7-8,13H,5H2,1H3,(H,11,14,15)/t5-,6-,10+;7-,8+/m10/s1. The van der Waals surface area contributed by atoms with Gasteiger partial charge in [-0.2, -0.15) is 13.2 Å². The molecule has 2 aliphatic heterocycles. The highest BCUT2D eigenvalue weighted by molar-refractivity contribution is 5.08. The molecule has 2 aromatic rings. The summed E-state index contributed by atoms with van der Waals surface area (Å²) in [6, 6.07) is 0. The maximum atomic E-state index is 14.5. The van der Waals surface area contributed by atoms with Crippen molar-refractivity contribution in [2.75, 3.05) is 13.2 Å². The van der Waals surface area contributed by atoms with Crippen LogP contribution in [-0.2, 0) is 15.5 Å². The number of alkyl halides is 3. The van der Waals surface area contributed by atoms with E-state index in [1.54, 1.807) is 24.1 Å². The highest BCUT2D eigenvalue weighted by Gasteiger charge is 2.71. The first kappa shape index (κ1) is 27.3. The third kappa shape index (κ3) is 4.72. The first-order valence-electron chi connectivity index (χ1n) is 10.4. The molecule has 36 heavy (non-hydrogen) atoms. The molecule has 4 heterocycles. The number of aryl methyl sites for hydroxylation is 2. The van der Waals surface area contributed by atoms with Gasteiger partial charge in [0.1, 0.15) is 12.2 Å². The Labute approximate surface area is 198 Å². The van der Waals surface area contributed by atoms with Crippen LogP contribution < -0.4 is 22.5 Å². The summed E-state index contributed by atoms with van der Waals surface area (Å²) in [6.45, 7) is 1.58. The van der Waals surface area contributed by atoms with E-state index >= 15 is 0 Å². The largest absolute Gasteiger partial charge is 0.394 e. The van der Waals surface area contributed by atoms with E-state index in [2.05, 4.69) is 9.72 Å². The molecule has 0 bridgehead atoms. The van der Waals surface area contributed by atoms with E-state index in [0.717, 1.165) is 0 Å². The number of aromatic amines is 2. The molecule has 1 saturated heterocycles. The van der Waals surface area contributed by atoms with Crippen molar-refractivity contribution in [1.82, 2.24) is 19.1 Å². The summed E-state index contributed by atoms with van der Waals surface area (Å²) in [5.41, 5.74) is -3.03. The van der Waals surface area contributed by atoms with Gasteiger partial charge in [-0.3, -0.25) is 24.1 Å². The molecular formula is C20H23F3N4O9. The zero-order valence-electron chi connectivity index (χ0n) is 18.9. The molecule has 0 saturated carbocycles. The Morgan fingerprint density at radius 1 is 0.944 bits per heavy atom. The molecule has 5 N–H and O–H groups in total. The van der Waals surface area contributed by atoms with E-state index in [4.69, 9.17) is 14.9 Å². The fourth-order valence-corrected chi connectivity index (χ4v) is 3.42. The number of H-pyrrole nitrogens is 2. The molecule has 1 fully saturated rings. The Morgan fingerprint density at radius 3 is 2.06 bits per heavy atom. The number of nitrogens with one attached hydrogen (secondary N) is 2. The van der Waals surface area contributed by atoms with Crippen LogP contribution in [0, 0.1) is 13.8 Å². The van der Waals surface area contributed by atoms with E-state index in [0.29, 0.717) is 11.8 Å². The monoisotopic (exact) mass is 520 g/mol. The quantitative estimate of drug-likeness (QED) is 0.287. The van der Waals surface area contributed by atoms with Gasteiger partial charge in [0, 0.05) is 23.5 Å². The van der Waals surface area contributed by atoms with Gasteiger partial charge in [0.25, 0.3) is 11.1 Å². The molecule has 0 aliphatic carbocycles. The summed E-state index contributed by atoms with van der Waals surface area (Å²) < 4.78 is 52.9. The summed E-state index contributed by atoms with van der Waals surface area (Å²) in [5, 5.41) is 26.9. The Hall–Kier alpha value is -3.31. The highest BCUT2D eigenvalue weighted by Crippen LogP contribution is 2.47. The van der Waals surface area contributed by atoms with Gasteiger partial charge in [-0.25, -0.2) is 14.2 Å². The van der Waals surface area contributed by atoms with Crippen molar-refractivity contribution in [3.8, 4) is 0 Å². The fraction of sp³-hybridized carbons (Fsp3) is 0.500. The summed E-state index contributed by atoms with van der Waals surface area (Å²) in [7, 11) is 0. The van der Waals surface area contributed by atoms with Gasteiger partial charge in [0.15, 0.2) is 12.3 Å². The predicted octanol–water partition coefficient (Wildman–Crippen LogP) is -1.90. The first-order chi connectivity index (χ1) is 16.8.